The Kier molecular flexibility index (Phi) is 5.21. The number of ether oxygens (including phenoxy) is 2. The molecule has 2 atom stereocenters. The third kappa shape index (κ3) is 4.99. The molecule has 1 aliphatic heterocycles. The fourth-order valence-corrected chi connectivity index (χ4v) is 2.60. The zero-order chi connectivity index (χ0) is 14.7. The quantitative estimate of drug-likeness (QED) is 0.588. The summed E-state index contributed by atoms with van der Waals surface area (Å²) in [4.78, 5) is 10.9. The standard InChI is InChI=1S/C14H26O4Si/c1-11(15)18-12-7-8-16-13(9-12)10-17-19(5,6)14(2,3)4/h7-8,12-13H,9-10H2,1-6H3/t12-,13+/m1/s1. The molecular formula is C14H26O4Si. The van der Waals surface area contributed by atoms with E-state index in [9.17, 15) is 4.79 Å². The number of carbonyl (C=O) groups is 1. The van der Waals surface area contributed by atoms with Gasteiger partial charge in [-0.1, -0.05) is 20.8 Å². The molecule has 0 radical (unpaired) electrons. The molecule has 0 amide bonds. The number of hydrogen-bond donors (Lipinski definition) is 0. The van der Waals surface area contributed by atoms with Gasteiger partial charge in [0.25, 0.3) is 0 Å². The van der Waals surface area contributed by atoms with Gasteiger partial charge in [0, 0.05) is 13.3 Å². The highest BCUT2D eigenvalue weighted by atomic mass is 28.4. The Hall–Kier alpha value is -0.813. The molecule has 0 aliphatic carbocycles. The summed E-state index contributed by atoms with van der Waals surface area (Å²) in [5, 5.41) is 0.187. The second-order valence-electron chi connectivity index (χ2n) is 6.54. The Morgan fingerprint density at radius 2 is 2.05 bits per heavy atom. The molecule has 5 heteroatoms. The van der Waals surface area contributed by atoms with Crippen molar-refractivity contribution in [3.63, 3.8) is 0 Å². The molecule has 110 valence electrons. The van der Waals surface area contributed by atoms with Crippen LogP contribution in [-0.4, -0.2) is 33.1 Å². The third-order valence-corrected chi connectivity index (χ3v) is 8.31. The lowest BCUT2D eigenvalue weighted by molar-refractivity contribution is -0.146. The molecular weight excluding hydrogens is 260 g/mol. The van der Waals surface area contributed by atoms with E-state index < -0.39 is 8.32 Å². The Bertz CT molecular complexity index is 344. The van der Waals surface area contributed by atoms with Crippen LogP contribution in [0.5, 0.6) is 0 Å². The van der Waals surface area contributed by atoms with Crippen LogP contribution in [0.15, 0.2) is 12.3 Å². The lowest BCUT2D eigenvalue weighted by Crippen LogP contribution is -2.43. The summed E-state index contributed by atoms with van der Waals surface area (Å²) in [7, 11) is -1.75. The van der Waals surface area contributed by atoms with Crippen molar-refractivity contribution < 1.29 is 18.7 Å². The molecule has 0 aromatic heterocycles. The predicted molar refractivity (Wildman–Crippen MR) is 77.3 cm³/mol. The van der Waals surface area contributed by atoms with Crippen molar-refractivity contribution >= 4 is 14.3 Å². The predicted octanol–water partition coefficient (Wildman–Crippen LogP) is 3.24. The van der Waals surface area contributed by atoms with Crippen molar-refractivity contribution in [1.29, 1.82) is 0 Å². The topological polar surface area (TPSA) is 44.8 Å². The lowest BCUT2D eigenvalue weighted by atomic mass is 10.1. The Balaban J connectivity index is 2.47. The molecule has 1 rings (SSSR count). The normalized spacial score (nSPS) is 23.9. The van der Waals surface area contributed by atoms with E-state index >= 15 is 0 Å². The second kappa shape index (κ2) is 6.09. The minimum Gasteiger partial charge on any atom is -0.496 e. The van der Waals surface area contributed by atoms with Gasteiger partial charge >= 0.3 is 5.97 Å². The smallest absolute Gasteiger partial charge is 0.303 e. The minimum absolute atomic E-state index is 0.0384. The summed E-state index contributed by atoms with van der Waals surface area (Å²) in [6, 6.07) is 0. The molecule has 0 unspecified atom stereocenters. The van der Waals surface area contributed by atoms with E-state index in [1.54, 1.807) is 12.3 Å². The van der Waals surface area contributed by atoms with Crippen molar-refractivity contribution in [3.05, 3.63) is 12.3 Å². The van der Waals surface area contributed by atoms with E-state index in [2.05, 4.69) is 33.9 Å². The maximum Gasteiger partial charge on any atom is 0.303 e. The van der Waals surface area contributed by atoms with Crippen LogP contribution in [0.4, 0.5) is 0 Å². The van der Waals surface area contributed by atoms with Crippen LogP contribution in [0.25, 0.3) is 0 Å². The van der Waals surface area contributed by atoms with E-state index in [0.29, 0.717) is 13.0 Å². The number of esters is 1. The first-order valence-electron chi connectivity index (χ1n) is 6.75. The maximum absolute atomic E-state index is 10.9. The van der Waals surface area contributed by atoms with Crippen LogP contribution in [0.1, 0.15) is 34.1 Å². The highest BCUT2D eigenvalue weighted by Gasteiger charge is 2.38. The zero-order valence-electron chi connectivity index (χ0n) is 12.9. The van der Waals surface area contributed by atoms with Crippen LogP contribution in [-0.2, 0) is 18.7 Å². The summed E-state index contributed by atoms with van der Waals surface area (Å²) >= 11 is 0. The Morgan fingerprint density at radius 3 is 2.58 bits per heavy atom. The lowest BCUT2D eigenvalue weighted by Gasteiger charge is -2.37. The molecule has 0 N–H and O–H groups in total. The molecule has 0 fully saturated rings. The second-order valence-corrected chi connectivity index (χ2v) is 11.4. The highest BCUT2D eigenvalue weighted by molar-refractivity contribution is 6.74. The molecule has 19 heavy (non-hydrogen) atoms. The van der Waals surface area contributed by atoms with Crippen LogP contribution in [0.3, 0.4) is 0 Å². The molecule has 0 spiro atoms. The largest absolute Gasteiger partial charge is 0.496 e. The average Bonchev–Trinajstić information content (AvgIpc) is 2.24. The van der Waals surface area contributed by atoms with Gasteiger partial charge in [0.05, 0.1) is 12.9 Å². The van der Waals surface area contributed by atoms with E-state index in [0.717, 1.165) is 0 Å². The van der Waals surface area contributed by atoms with Gasteiger partial charge < -0.3 is 13.9 Å². The molecule has 0 saturated carbocycles. The Labute approximate surface area is 117 Å². The first-order valence-corrected chi connectivity index (χ1v) is 9.66. The van der Waals surface area contributed by atoms with Crippen molar-refractivity contribution in [2.75, 3.05) is 6.61 Å². The monoisotopic (exact) mass is 286 g/mol. The van der Waals surface area contributed by atoms with Gasteiger partial charge in [-0.3, -0.25) is 4.79 Å². The van der Waals surface area contributed by atoms with Crippen LogP contribution >= 0.6 is 0 Å². The molecule has 0 saturated heterocycles. The van der Waals surface area contributed by atoms with Crippen LogP contribution in [0.2, 0.25) is 18.1 Å². The molecule has 1 aliphatic rings. The first kappa shape index (κ1) is 16.2. The average molecular weight is 286 g/mol. The summed E-state index contributed by atoms with van der Waals surface area (Å²) in [5.74, 6) is -0.263. The Morgan fingerprint density at radius 1 is 1.42 bits per heavy atom. The van der Waals surface area contributed by atoms with Crippen molar-refractivity contribution in [2.24, 2.45) is 0 Å². The summed E-state index contributed by atoms with van der Waals surface area (Å²) in [6.45, 7) is 13.0. The summed E-state index contributed by atoms with van der Waals surface area (Å²) in [6.07, 6.45) is 3.80. The van der Waals surface area contributed by atoms with Crippen LogP contribution in [0, 0.1) is 0 Å². The third-order valence-electron chi connectivity index (χ3n) is 3.81. The zero-order valence-corrected chi connectivity index (χ0v) is 13.9. The number of rotatable bonds is 4. The molecule has 0 aromatic carbocycles. The van der Waals surface area contributed by atoms with E-state index in [4.69, 9.17) is 13.9 Å². The van der Waals surface area contributed by atoms with Crippen LogP contribution < -0.4 is 0 Å². The summed E-state index contributed by atoms with van der Waals surface area (Å²) in [5.41, 5.74) is 0. The molecule has 0 aromatic rings. The van der Waals surface area contributed by atoms with Gasteiger partial charge in [0.1, 0.15) is 12.2 Å². The fraction of sp³-hybridized carbons (Fsp3) is 0.786. The van der Waals surface area contributed by atoms with Gasteiger partial charge in [-0.15, -0.1) is 0 Å². The van der Waals surface area contributed by atoms with Crippen molar-refractivity contribution in [2.45, 2.75) is 64.5 Å². The van der Waals surface area contributed by atoms with Gasteiger partial charge in [-0.05, 0) is 24.2 Å². The molecule has 1 heterocycles. The van der Waals surface area contributed by atoms with Gasteiger partial charge in [0.15, 0.2) is 8.32 Å². The molecule has 0 bridgehead atoms. The van der Waals surface area contributed by atoms with Crippen molar-refractivity contribution in [3.8, 4) is 0 Å². The van der Waals surface area contributed by atoms with Gasteiger partial charge in [0.2, 0.25) is 0 Å². The SMILES string of the molecule is CC(=O)O[C@@H]1C=CO[C@H](CO[Si](C)(C)C(C)(C)C)C1. The summed E-state index contributed by atoms with van der Waals surface area (Å²) < 4.78 is 16.8. The minimum atomic E-state index is -1.75. The van der Waals surface area contributed by atoms with Gasteiger partial charge in [-0.2, -0.15) is 0 Å². The van der Waals surface area contributed by atoms with Gasteiger partial charge in [-0.25, -0.2) is 0 Å². The van der Waals surface area contributed by atoms with E-state index in [-0.39, 0.29) is 23.2 Å². The number of hydrogen-bond acceptors (Lipinski definition) is 4. The first-order chi connectivity index (χ1) is 8.62. The van der Waals surface area contributed by atoms with E-state index in [1.807, 2.05) is 0 Å². The maximum atomic E-state index is 10.9. The highest BCUT2D eigenvalue weighted by Crippen LogP contribution is 2.36. The number of carbonyl (C=O) groups excluding carboxylic acids is 1. The fourth-order valence-electron chi connectivity index (χ4n) is 1.56. The van der Waals surface area contributed by atoms with Crippen molar-refractivity contribution in [1.82, 2.24) is 0 Å². The molecule has 4 nitrogen and oxygen atoms in total. The van der Waals surface area contributed by atoms with E-state index in [1.165, 1.54) is 6.92 Å².